The fourth-order valence-corrected chi connectivity index (χ4v) is 2.17. The molecule has 0 atom stereocenters. The molecule has 1 N–H and O–H groups in total. The first-order chi connectivity index (χ1) is 8.13. The monoisotopic (exact) mass is 296 g/mol. The van der Waals surface area contributed by atoms with Gasteiger partial charge in [-0.2, -0.15) is 0 Å². The molecule has 90 valence electrons. The molecule has 0 unspecified atom stereocenters. The molecule has 4 heteroatoms. The molecule has 0 aliphatic carbocycles. The van der Waals surface area contributed by atoms with Crippen LogP contribution in [0.25, 0.3) is 10.9 Å². The van der Waals surface area contributed by atoms with Crippen LogP contribution in [0.5, 0.6) is 0 Å². The normalized spacial score (nSPS) is 10.8. The summed E-state index contributed by atoms with van der Waals surface area (Å²) in [5, 5.41) is 4.04. The Kier molecular flexibility index (Phi) is 3.62. The number of nitrogens with zero attached hydrogens (tertiary/aromatic N) is 1. The number of pyridine rings is 1. The molecule has 0 bridgehead atoms. The van der Waals surface area contributed by atoms with Gasteiger partial charge >= 0.3 is 0 Å². The van der Waals surface area contributed by atoms with Gasteiger partial charge in [-0.25, -0.2) is 9.37 Å². The molecule has 2 rings (SSSR count). The molecule has 0 saturated carbocycles. The lowest BCUT2D eigenvalue weighted by atomic mass is 10.1. The first kappa shape index (κ1) is 12.3. The minimum Gasteiger partial charge on any atom is -0.370 e. The molecule has 2 nitrogen and oxygen atoms in total. The van der Waals surface area contributed by atoms with Gasteiger partial charge in [0, 0.05) is 11.9 Å². The second-order valence-corrected chi connectivity index (χ2v) is 4.80. The smallest absolute Gasteiger partial charge is 0.138 e. The number of rotatable bonds is 3. The van der Waals surface area contributed by atoms with Gasteiger partial charge in [0.05, 0.1) is 9.99 Å². The quantitative estimate of drug-likeness (QED) is 0.915. The van der Waals surface area contributed by atoms with Crippen molar-refractivity contribution in [2.24, 2.45) is 0 Å². The zero-order chi connectivity index (χ0) is 12.4. The Bertz CT molecular complexity index is 555. The number of hydrogen-bond acceptors (Lipinski definition) is 2. The fourth-order valence-electron chi connectivity index (χ4n) is 1.74. The van der Waals surface area contributed by atoms with Gasteiger partial charge in [0.15, 0.2) is 0 Å². The van der Waals surface area contributed by atoms with Gasteiger partial charge < -0.3 is 5.32 Å². The third kappa shape index (κ3) is 2.41. The molecule has 0 radical (unpaired) electrons. The van der Waals surface area contributed by atoms with Gasteiger partial charge in [0.2, 0.25) is 0 Å². The summed E-state index contributed by atoms with van der Waals surface area (Å²) in [5.74, 6) is 0.590. The Hall–Kier alpha value is -1.16. The molecule has 1 aromatic carbocycles. The van der Waals surface area contributed by atoms with Crippen LogP contribution >= 0.6 is 15.9 Å². The Labute approximate surface area is 108 Å². The van der Waals surface area contributed by atoms with Gasteiger partial charge in [0.1, 0.15) is 11.6 Å². The van der Waals surface area contributed by atoms with Crippen LogP contribution in [-0.2, 0) is 0 Å². The minimum absolute atomic E-state index is 0.244. The maximum Gasteiger partial charge on any atom is 0.138 e. The zero-order valence-electron chi connectivity index (χ0n) is 9.85. The highest BCUT2D eigenvalue weighted by atomic mass is 79.9. The summed E-state index contributed by atoms with van der Waals surface area (Å²) in [6, 6.07) is 5.27. The van der Waals surface area contributed by atoms with Crippen molar-refractivity contribution in [1.82, 2.24) is 4.98 Å². The standard InChI is InChI=1S/C13H14BrFN2/c1-3-6-16-11-5-4-9-12(14)10(15)7-8(2)13(9)17-11/h4-5,7H,3,6H2,1-2H3,(H,16,17). The minimum atomic E-state index is -0.244. The lowest BCUT2D eigenvalue weighted by Gasteiger charge is -2.08. The largest absolute Gasteiger partial charge is 0.370 e. The van der Waals surface area contributed by atoms with Gasteiger partial charge in [-0.3, -0.25) is 0 Å². The summed E-state index contributed by atoms with van der Waals surface area (Å²) < 4.78 is 14.0. The Morgan fingerprint density at radius 2 is 2.18 bits per heavy atom. The number of fused-ring (bicyclic) bond motifs is 1. The van der Waals surface area contributed by atoms with Gasteiger partial charge in [0.25, 0.3) is 0 Å². The van der Waals surface area contributed by atoms with Crippen LogP contribution in [0, 0.1) is 12.7 Å². The van der Waals surface area contributed by atoms with E-state index in [1.807, 2.05) is 19.1 Å². The van der Waals surface area contributed by atoms with E-state index in [0.29, 0.717) is 4.47 Å². The van der Waals surface area contributed by atoms with Gasteiger partial charge in [-0.15, -0.1) is 0 Å². The maximum atomic E-state index is 13.5. The summed E-state index contributed by atoms with van der Waals surface area (Å²) in [5.41, 5.74) is 1.68. The number of nitrogens with one attached hydrogen (secondary N) is 1. The molecule has 0 aliphatic rings. The van der Waals surface area contributed by atoms with Crippen LogP contribution in [0.3, 0.4) is 0 Å². The van der Waals surface area contributed by atoms with Crippen molar-refractivity contribution in [3.8, 4) is 0 Å². The van der Waals surface area contributed by atoms with Crippen LogP contribution in [0.2, 0.25) is 0 Å². The second kappa shape index (κ2) is 5.00. The predicted molar refractivity (Wildman–Crippen MR) is 72.9 cm³/mol. The summed E-state index contributed by atoms with van der Waals surface area (Å²) in [4.78, 5) is 4.51. The van der Waals surface area contributed by atoms with Gasteiger partial charge in [-0.05, 0) is 53.0 Å². The highest BCUT2D eigenvalue weighted by Gasteiger charge is 2.09. The van der Waals surface area contributed by atoms with Crippen molar-refractivity contribution in [2.75, 3.05) is 11.9 Å². The van der Waals surface area contributed by atoms with E-state index in [0.717, 1.165) is 35.2 Å². The molecular formula is C13H14BrFN2. The number of halogens is 2. The third-order valence-corrected chi connectivity index (χ3v) is 3.42. The SMILES string of the molecule is CCCNc1ccc2c(Br)c(F)cc(C)c2n1. The van der Waals surface area contributed by atoms with Crippen molar-refractivity contribution in [2.45, 2.75) is 20.3 Å². The highest BCUT2D eigenvalue weighted by Crippen LogP contribution is 2.29. The van der Waals surface area contributed by atoms with Crippen molar-refractivity contribution >= 4 is 32.7 Å². The van der Waals surface area contributed by atoms with E-state index in [2.05, 4.69) is 33.2 Å². The second-order valence-electron chi connectivity index (χ2n) is 4.01. The summed E-state index contributed by atoms with van der Waals surface area (Å²) >= 11 is 3.26. The number of aryl methyl sites for hydroxylation is 1. The molecular weight excluding hydrogens is 283 g/mol. The van der Waals surface area contributed by atoms with Gasteiger partial charge in [-0.1, -0.05) is 6.92 Å². The predicted octanol–water partition coefficient (Wildman–Crippen LogP) is 4.27. The van der Waals surface area contributed by atoms with Crippen molar-refractivity contribution in [3.63, 3.8) is 0 Å². The topological polar surface area (TPSA) is 24.9 Å². The molecule has 0 fully saturated rings. The van der Waals surface area contributed by atoms with E-state index in [1.165, 1.54) is 6.07 Å². The molecule has 17 heavy (non-hydrogen) atoms. The average Bonchev–Trinajstić information content (AvgIpc) is 2.33. The van der Waals surface area contributed by atoms with Crippen LogP contribution < -0.4 is 5.32 Å². The number of aromatic nitrogens is 1. The lowest BCUT2D eigenvalue weighted by molar-refractivity contribution is 0.622. The fraction of sp³-hybridized carbons (Fsp3) is 0.308. The van der Waals surface area contributed by atoms with E-state index in [1.54, 1.807) is 0 Å². The average molecular weight is 297 g/mol. The van der Waals surface area contributed by atoms with Crippen LogP contribution in [0.15, 0.2) is 22.7 Å². The molecule has 1 aromatic heterocycles. The Morgan fingerprint density at radius 3 is 2.88 bits per heavy atom. The summed E-state index contributed by atoms with van der Waals surface area (Å²) in [6.45, 7) is 4.86. The molecule has 0 aliphatic heterocycles. The van der Waals surface area contributed by atoms with Crippen molar-refractivity contribution in [3.05, 3.63) is 34.1 Å². The van der Waals surface area contributed by atoms with Crippen molar-refractivity contribution < 1.29 is 4.39 Å². The van der Waals surface area contributed by atoms with Crippen LogP contribution in [-0.4, -0.2) is 11.5 Å². The highest BCUT2D eigenvalue weighted by molar-refractivity contribution is 9.10. The summed E-state index contributed by atoms with van der Waals surface area (Å²) in [6.07, 6.45) is 1.05. The van der Waals surface area contributed by atoms with E-state index < -0.39 is 0 Å². The van der Waals surface area contributed by atoms with Crippen molar-refractivity contribution in [1.29, 1.82) is 0 Å². The van der Waals surface area contributed by atoms with E-state index in [4.69, 9.17) is 0 Å². The van der Waals surface area contributed by atoms with E-state index >= 15 is 0 Å². The first-order valence-corrected chi connectivity index (χ1v) is 6.42. The van der Waals surface area contributed by atoms with E-state index in [-0.39, 0.29) is 5.82 Å². The molecule has 0 amide bonds. The number of hydrogen-bond donors (Lipinski definition) is 1. The molecule has 2 aromatic rings. The first-order valence-electron chi connectivity index (χ1n) is 5.62. The van der Waals surface area contributed by atoms with Crippen LogP contribution in [0.1, 0.15) is 18.9 Å². The number of anilines is 1. The Balaban J connectivity index is 2.54. The van der Waals surface area contributed by atoms with Crippen LogP contribution in [0.4, 0.5) is 10.2 Å². The molecule has 0 spiro atoms. The maximum absolute atomic E-state index is 13.5. The van der Waals surface area contributed by atoms with E-state index in [9.17, 15) is 4.39 Å². The summed E-state index contributed by atoms with van der Waals surface area (Å²) in [7, 11) is 0. The molecule has 1 heterocycles. The zero-order valence-corrected chi connectivity index (χ0v) is 11.4. The Morgan fingerprint density at radius 1 is 1.41 bits per heavy atom. The number of benzene rings is 1. The third-order valence-electron chi connectivity index (χ3n) is 2.61. The molecule has 0 saturated heterocycles. The lowest BCUT2D eigenvalue weighted by Crippen LogP contribution is -2.02.